The van der Waals surface area contributed by atoms with E-state index in [0.29, 0.717) is 41.3 Å². The number of nitrogens with zero attached hydrogens (tertiary/aromatic N) is 2. The Morgan fingerprint density at radius 3 is 2.53 bits per heavy atom. The van der Waals surface area contributed by atoms with Gasteiger partial charge in [-0.05, 0) is 62.9 Å². The quantitative estimate of drug-likeness (QED) is 0.548. The molecule has 3 N–H and O–H groups in total. The normalized spacial score (nSPS) is 16.1. The summed E-state index contributed by atoms with van der Waals surface area (Å²) in [4.78, 5) is 32.1. The molecule has 2 heterocycles. The number of anilines is 1. The van der Waals surface area contributed by atoms with Gasteiger partial charge in [0.2, 0.25) is 0 Å². The molecular weight excluding hydrogens is 439 g/mol. The van der Waals surface area contributed by atoms with E-state index < -0.39 is 17.3 Å². The molecule has 2 aromatic rings. The number of carbonyl (C=O) groups is 2. The molecule has 0 spiro atoms. The lowest BCUT2D eigenvalue weighted by molar-refractivity contribution is -0.0467. The third-order valence-corrected chi connectivity index (χ3v) is 6.24. The first-order chi connectivity index (χ1) is 16.1. The minimum absolute atomic E-state index is 0.0277. The van der Waals surface area contributed by atoms with Crippen LogP contribution in [0.5, 0.6) is 0 Å². The van der Waals surface area contributed by atoms with E-state index in [9.17, 15) is 19.1 Å². The van der Waals surface area contributed by atoms with Crippen molar-refractivity contribution in [3.8, 4) is 11.1 Å². The molecule has 2 aliphatic rings. The SMILES string of the molecule is Cc1cc(F)c(C(=O)NC2CC2)cc1-c1cnc(NC(C)(C)CO)c(C(=O)N(C)C2COC2)c1. The van der Waals surface area contributed by atoms with Gasteiger partial charge in [0, 0.05) is 24.8 Å². The first kappa shape index (κ1) is 24.1. The van der Waals surface area contributed by atoms with Gasteiger partial charge in [0.05, 0.1) is 42.5 Å². The van der Waals surface area contributed by atoms with Crippen molar-refractivity contribution < 1.29 is 23.8 Å². The highest BCUT2D eigenvalue weighted by molar-refractivity contribution is 6.01. The molecule has 1 aliphatic carbocycles. The number of aliphatic hydroxyl groups is 1. The standard InChI is InChI=1S/C25H31FN4O4/c1-14-7-21(26)19(23(32)28-16-5-6-16)9-18(14)15-8-20(24(33)30(4)17-11-34-12-17)22(27-10-15)29-25(2,3)13-31/h7-10,16-17,31H,5-6,11-13H2,1-4H3,(H,27,29)(H,28,32). The van der Waals surface area contributed by atoms with Crippen LogP contribution < -0.4 is 10.6 Å². The molecule has 2 amide bonds. The van der Waals surface area contributed by atoms with Crippen LogP contribution >= 0.6 is 0 Å². The Kier molecular flexibility index (Phi) is 6.60. The van der Waals surface area contributed by atoms with Crippen LogP contribution in [0.4, 0.5) is 10.2 Å². The second kappa shape index (κ2) is 9.31. The predicted octanol–water partition coefficient (Wildman–Crippen LogP) is 2.74. The summed E-state index contributed by atoms with van der Waals surface area (Å²) >= 11 is 0. The summed E-state index contributed by atoms with van der Waals surface area (Å²) in [7, 11) is 1.71. The molecule has 1 saturated heterocycles. The molecule has 9 heteroatoms. The van der Waals surface area contributed by atoms with E-state index in [-0.39, 0.29) is 30.2 Å². The molecule has 0 bridgehead atoms. The predicted molar refractivity (Wildman–Crippen MR) is 126 cm³/mol. The molecule has 0 unspecified atom stereocenters. The molecule has 1 aromatic heterocycles. The summed E-state index contributed by atoms with van der Waals surface area (Å²) in [6.07, 6.45) is 3.39. The zero-order chi connectivity index (χ0) is 24.6. The minimum atomic E-state index is -0.707. The molecule has 1 saturated carbocycles. The van der Waals surface area contributed by atoms with E-state index in [0.717, 1.165) is 12.8 Å². The number of halogens is 1. The summed E-state index contributed by atoms with van der Waals surface area (Å²) in [5, 5.41) is 15.7. The Morgan fingerprint density at radius 1 is 1.24 bits per heavy atom. The Bertz CT molecular complexity index is 1110. The van der Waals surface area contributed by atoms with Gasteiger partial charge in [-0.1, -0.05) is 0 Å². The van der Waals surface area contributed by atoms with E-state index in [1.807, 2.05) is 0 Å². The lowest BCUT2D eigenvalue weighted by Gasteiger charge is -2.35. The highest BCUT2D eigenvalue weighted by Gasteiger charge is 2.31. The van der Waals surface area contributed by atoms with E-state index in [2.05, 4.69) is 15.6 Å². The van der Waals surface area contributed by atoms with Crippen molar-refractivity contribution >= 4 is 17.6 Å². The Labute approximate surface area is 198 Å². The molecule has 8 nitrogen and oxygen atoms in total. The summed E-state index contributed by atoms with van der Waals surface area (Å²) in [5.41, 5.74) is 1.41. The Morgan fingerprint density at radius 2 is 1.94 bits per heavy atom. The number of hydrogen-bond acceptors (Lipinski definition) is 6. The number of aromatic nitrogens is 1. The Hall–Kier alpha value is -3.04. The molecule has 182 valence electrons. The van der Waals surface area contributed by atoms with Crippen LogP contribution in [0.1, 0.15) is 53.0 Å². The second-order valence-electron chi connectivity index (χ2n) is 9.79. The lowest BCUT2D eigenvalue weighted by Crippen LogP contribution is -2.50. The van der Waals surface area contributed by atoms with Gasteiger partial charge in [0.1, 0.15) is 11.6 Å². The van der Waals surface area contributed by atoms with Crippen LogP contribution in [0.2, 0.25) is 0 Å². The number of aliphatic hydroxyl groups excluding tert-OH is 1. The van der Waals surface area contributed by atoms with Gasteiger partial charge in [-0.15, -0.1) is 0 Å². The molecule has 2 fully saturated rings. The summed E-state index contributed by atoms with van der Waals surface area (Å²) < 4.78 is 19.8. The fraction of sp³-hybridized carbons (Fsp3) is 0.480. The van der Waals surface area contributed by atoms with Gasteiger partial charge in [-0.3, -0.25) is 9.59 Å². The van der Waals surface area contributed by atoms with Crippen LogP contribution in [0, 0.1) is 12.7 Å². The highest BCUT2D eigenvalue weighted by Crippen LogP contribution is 2.31. The van der Waals surface area contributed by atoms with Crippen LogP contribution in [0.25, 0.3) is 11.1 Å². The number of nitrogens with one attached hydrogen (secondary N) is 2. The molecule has 4 rings (SSSR count). The maximum Gasteiger partial charge on any atom is 0.257 e. The molecule has 1 aromatic carbocycles. The number of likely N-dealkylation sites (N-methyl/N-ethyl adjacent to an activating group) is 1. The van der Waals surface area contributed by atoms with Gasteiger partial charge in [0.25, 0.3) is 11.8 Å². The van der Waals surface area contributed by atoms with Crippen LogP contribution in [-0.2, 0) is 4.74 Å². The summed E-state index contributed by atoms with van der Waals surface area (Å²) in [6.45, 7) is 6.13. The van der Waals surface area contributed by atoms with E-state index >= 15 is 0 Å². The summed E-state index contributed by atoms with van der Waals surface area (Å²) in [5.74, 6) is -0.939. The number of ether oxygens (including phenoxy) is 1. The van der Waals surface area contributed by atoms with E-state index in [1.165, 1.54) is 12.1 Å². The van der Waals surface area contributed by atoms with Crippen molar-refractivity contribution in [2.45, 2.75) is 51.2 Å². The average Bonchev–Trinajstić information content (AvgIpc) is 3.56. The number of amides is 2. The van der Waals surface area contributed by atoms with E-state index in [1.54, 1.807) is 45.0 Å². The third kappa shape index (κ3) is 5.05. The van der Waals surface area contributed by atoms with Gasteiger partial charge in [0.15, 0.2) is 0 Å². The number of rotatable bonds is 8. The number of benzene rings is 1. The number of pyridine rings is 1. The second-order valence-corrected chi connectivity index (χ2v) is 9.79. The Balaban J connectivity index is 1.74. The van der Waals surface area contributed by atoms with Crippen molar-refractivity contribution in [2.24, 2.45) is 0 Å². The molecule has 0 atom stereocenters. The number of hydrogen-bond donors (Lipinski definition) is 3. The fourth-order valence-electron chi connectivity index (χ4n) is 3.69. The maximum atomic E-state index is 14.6. The van der Waals surface area contributed by atoms with Crippen molar-refractivity contribution in [3.63, 3.8) is 0 Å². The number of aryl methyl sites for hydroxylation is 1. The minimum Gasteiger partial charge on any atom is -0.394 e. The van der Waals surface area contributed by atoms with Gasteiger partial charge in [-0.2, -0.15) is 0 Å². The van der Waals surface area contributed by atoms with Crippen molar-refractivity contribution in [1.82, 2.24) is 15.2 Å². The zero-order valence-electron chi connectivity index (χ0n) is 19.9. The third-order valence-electron chi connectivity index (χ3n) is 6.24. The van der Waals surface area contributed by atoms with Gasteiger partial charge >= 0.3 is 0 Å². The van der Waals surface area contributed by atoms with Crippen LogP contribution in [0.15, 0.2) is 24.4 Å². The molecule has 34 heavy (non-hydrogen) atoms. The molecule has 1 aliphatic heterocycles. The largest absolute Gasteiger partial charge is 0.394 e. The molecular formula is C25H31FN4O4. The number of carbonyl (C=O) groups excluding carboxylic acids is 2. The van der Waals surface area contributed by atoms with E-state index in [4.69, 9.17) is 4.74 Å². The smallest absolute Gasteiger partial charge is 0.257 e. The highest BCUT2D eigenvalue weighted by atomic mass is 19.1. The first-order valence-electron chi connectivity index (χ1n) is 11.4. The summed E-state index contributed by atoms with van der Waals surface area (Å²) in [6, 6.07) is 4.62. The zero-order valence-corrected chi connectivity index (χ0v) is 19.9. The average molecular weight is 471 g/mol. The molecule has 0 radical (unpaired) electrons. The van der Waals surface area contributed by atoms with Crippen LogP contribution in [-0.4, -0.2) is 71.3 Å². The van der Waals surface area contributed by atoms with Crippen molar-refractivity contribution in [1.29, 1.82) is 0 Å². The van der Waals surface area contributed by atoms with Gasteiger partial charge < -0.3 is 25.4 Å². The topological polar surface area (TPSA) is 104 Å². The maximum absolute atomic E-state index is 14.6. The van der Waals surface area contributed by atoms with Crippen molar-refractivity contribution in [3.05, 3.63) is 46.9 Å². The lowest BCUT2D eigenvalue weighted by atomic mass is 9.96. The van der Waals surface area contributed by atoms with Crippen molar-refractivity contribution in [2.75, 3.05) is 32.2 Å². The van der Waals surface area contributed by atoms with Crippen LogP contribution in [0.3, 0.4) is 0 Å². The first-order valence-corrected chi connectivity index (χ1v) is 11.4. The van der Waals surface area contributed by atoms with Gasteiger partial charge in [-0.25, -0.2) is 9.37 Å². The monoisotopic (exact) mass is 470 g/mol. The fourth-order valence-corrected chi connectivity index (χ4v) is 3.69.